The molecule has 1 saturated heterocycles. The van der Waals surface area contributed by atoms with Crippen molar-refractivity contribution in [1.29, 1.82) is 0 Å². The van der Waals surface area contributed by atoms with E-state index in [9.17, 15) is 9.90 Å². The van der Waals surface area contributed by atoms with Crippen LogP contribution in [0.15, 0.2) is 6.33 Å². The Hall–Kier alpha value is -1.40. The summed E-state index contributed by atoms with van der Waals surface area (Å²) in [7, 11) is 0. The van der Waals surface area contributed by atoms with Crippen LogP contribution in [0.1, 0.15) is 18.4 Å². The Morgan fingerprint density at radius 2 is 2.41 bits per heavy atom. The van der Waals surface area contributed by atoms with E-state index in [4.69, 9.17) is 17.3 Å². The maximum absolute atomic E-state index is 11.3. The van der Waals surface area contributed by atoms with Gasteiger partial charge >= 0.3 is 0 Å². The van der Waals surface area contributed by atoms with E-state index in [0.29, 0.717) is 24.3 Å². The van der Waals surface area contributed by atoms with Crippen LogP contribution >= 0.6 is 11.6 Å². The summed E-state index contributed by atoms with van der Waals surface area (Å²) in [4.78, 5) is 21.0. The van der Waals surface area contributed by atoms with Gasteiger partial charge < -0.3 is 15.7 Å². The molecule has 1 fully saturated rings. The van der Waals surface area contributed by atoms with Crippen molar-refractivity contribution in [3.05, 3.63) is 17.0 Å². The molecule has 3 N–H and O–H groups in total. The van der Waals surface area contributed by atoms with E-state index in [1.165, 1.54) is 6.33 Å². The molecule has 1 aromatic heterocycles. The topological polar surface area (TPSA) is 92.3 Å². The lowest BCUT2D eigenvalue weighted by atomic mass is 10.2. The predicted molar refractivity (Wildman–Crippen MR) is 62.5 cm³/mol. The van der Waals surface area contributed by atoms with E-state index < -0.39 is 0 Å². The van der Waals surface area contributed by atoms with Crippen LogP contribution in [-0.4, -0.2) is 33.6 Å². The third kappa shape index (κ3) is 2.18. The standard InChI is InChI=1S/C10H13ClN4O2/c11-8-6(4-16)10(14-5-13-8)15-3-1-2-7(15)9(12)17/h5,7,16H,1-4H2,(H2,12,17). The van der Waals surface area contributed by atoms with Crippen molar-refractivity contribution >= 4 is 23.3 Å². The highest BCUT2D eigenvalue weighted by Crippen LogP contribution is 2.29. The molecular weight excluding hydrogens is 244 g/mol. The second kappa shape index (κ2) is 4.85. The van der Waals surface area contributed by atoms with Gasteiger partial charge in [-0.05, 0) is 12.8 Å². The molecule has 6 nitrogen and oxygen atoms in total. The Balaban J connectivity index is 2.39. The number of aliphatic hydroxyl groups is 1. The first kappa shape index (κ1) is 12.1. The molecule has 0 radical (unpaired) electrons. The maximum Gasteiger partial charge on any atom is 0.240 e. The van der Waals surface area contributed by atoms with Crippen molar-refractivity contribution in [2.75, 3.05) is 11.4 Å². The zero-order valence-electron chi connectivity index (χ0n) is 9.14. The average Bonchev–Trinajstić information content (AvgIpc) is 2.77. The first-order valence-corrected chi connectivity index (χ1v) is 5.69. The number of aromatic nitrogens is 2. The number of halogens is 1. The Morgan fingerprint density at radius 3 is 3.06 bits per heavy atom. The SMILES string of the molecule is NC(=O)C1CCCN1c1ncnc(Cl)c1CO. The number of nitrogens with zero attached hydrogens (tertiary/aromatic N) is 3. The number of hydrogen-bond donors (Lipinski definition) is 2. The molecule has 0 aliphatic carbocycles. The molecule has 0 bridgehead atoms. The van der Waals surface area contributed by atoms with Crippen LogP contribution < -0.4 is 10.6 Å². The number of anilines is 1. The molecular formula is C10H13ClN4O2. The van der Waals surface area contributed by atoms with E-state index in [2.05, 4.69) is 9.97 Å². The van der Waals surface area contributed by atoms with Crippen molar-refractivity contribution < 1.29 is 9.90 Å². The van der Waals surface area contributed by atoms with Crippen molar-refractivity contribution in [3.8, 4) is 0 Å². The summed E-state index contributed by atoms with van der Waals surface area (Å²) in [6.45, 7) is 0.408. The summed E-state index contributed by atoms with van der Waals surface area (Å²) in [6.07, 6.45) is 2.87. The summed E-state index contributed by atoms with van der Waals surface area (Å²) in [5.41, 5.74) is 5.77. The van der Waals surface area contributed by atoms with Gasteiger partial charge in [-0.25, -0.2) is 9.97 Å². The van der Waals surface area contributed by atoms with Crippen LogP contribution in [0.5, 0.6) is 0 Å². The summed E-state index contributed by atoms with van der Waals surface area (Å²) >= 11 is 5.88. The number of amides is 1. The largest absolute Gasteiger partial charge is 0.391 e. The molecule has 2 rings (SSSR count). The number of carbonyl (C=O) groups excluding carboxylic acids is 1. The van der Waals surface area contributed by atoms with E-state index in [1.54, 1.807) is 4.90 Å². The molecule has 92 valence electrons. The van der Waals surface area contributed by atoms with Crippen LogP contribution in [-0.2, 0) is 11.4 Å². The molecule has 1 aliphatic heterocycles. The number of primary amides is 1. The zero-order chi connectivity index (χ0) is 12.4. The minimum atomic E-state index is -0.388. The highest BCUT2D eigenvalue weighted by molar-refractivity contribution is 6.30. The normalized spacial score (nSPS) is 19.6. The lowest BCUT2D eigenvalue weighted by Gasteiger charge is -2.25. The zero-order valence-corrected chi connectivity index (χ0v) is 9.89. The minimum Gasteiger partial charge on any atom is -0.391 e. The Labute approximate surface area is 103 Å². The van der Waals surface area contributed by atoms with Crippen molar-refractivity contribution in [3.63, 3.8) is 0 Å². The van der Waals surface area contributed by atoms with Crippen molar-refractivity contribution in [1.82, 2.24) is 9.97 Å². The lowest BCUT2D eigenvalue weighted by Crippen LogP contribution is -2.41. The quantitative estimate of drug-likeness (QED) is 0.747. The molecule has 0 aromatic carbocycles. The van der Waals surface area contributed by atoms with Gasteiger partial charge in [-0.2, -0.15) is 0 Å². The van der Waals surface area contributed by atoms with Gasteiger partial charge in [-0.1, -0.05) is 11.6 Å². The fraction of sp³-hybridized carbons (Fsp3) is 0.500. The van der Waals surface area contributed by atoms with Crippen molar-refractivity contribution in [2.24, 2.45) is 5.73 Å². The predicted octanol–water partition coefficient (Wildman–Crippen LogP) is 0.0764. The molecule has 17 heavy (non-hydrogen) atoms. The molecule has 1 atom stereocenters. The van der Waals surface area contributed by atoms with E-state index in [1.807, 2.05) is 0 Å². The smallest absolute Gasteiger partial charge is 0.240 e. The fourth-order valence-electron chi connectivity index (χ4n) is 2.08. The van der Waals surface area contributed by atoms with E-state index >= 15 is 0 Å². The second-order valence-corrected chi connectivity index (χ2v) is 4.24. The van der Waals surface area contributed by atoms with Crippen LogP contribution in [0.3, 0.4) is 0 Å². The van der Waals surface area contributed by atoms with Gasteiger partial charge in [-0.3, -0.25) is 4.79 Å². The second-order valence-electron chi connectivity index (χ2n) is 3.88. The Morgan fingerprint density at radius 1 is 1.65 bits per heavy atom. The molecule has 1 aliphatic rings. The summed E-state index contributed by atoms with van der Waals surface area (Å²) < 4.78 is 0. The van der Waals surface area contributed by atoms with Gasteiger partial charge in [0.2, 0.25) is 5.91 Å². The Bertz CT molecular complexity index is 440. The molecule has 7 heteroatoms. The summed E-state index contributed by atoms with van der Waals surface area (Å²) in [5, 5.41) is 9.48. The van der Waals surface area contributed by atoms with Gasteiger partial charge in [0, 0.05) is 6.54 Å². The fourth-order valence-corrected chi connectivity index (χ4v) is 2.27. The monoisotopic (exact) mass is 256 g/mol. The molecule has 1 aromatic rings. The number of hydrogen-bond acceptors (Lipinski definition) is 5. The molecule has 0 spiro atoms. The first-order chi connectivity index (χ1) is 8.15. The van der Waals surface area contributed by atoms with Crippen molar-refractivity contribution in [2.45, 2.75) is 25.5 Å². The van der Waals surface area contributed by atoms with E-state index in [-0.39, 0.29) is 23.7 Å². The van der Waals surface area contributed by atoms with Crippen LogP contribution in [0.4, 0.5) is 5.82 Å². The van der Waals surface area contributed by atoms with Crippen LogP contribution in [0, 0.1) is 0 Å². The highest BCUT2D eigenvalue weighted by Gasteiger charge is 2.31. The maximum atomic E-state index is 11.3. The van der Waals surface area contributed by atoms with Crippen LogP contribution in [0.25, 0.3) is 0 Å². The molecule has 2 heterocycles. The number of nitrogens with two attached hydrogens (primary N) is 1. The minimum absolute atomic E-state index is 0.202. The third-order valence-electron chi connectivity index (χ3n) is 2.88. The highest BCUT2D eigenvalue weighted by atomic mass is 35.5. The number of rotatable bonds is 3. The summed E-state index contributed by atoms with van der Waals surface area (Å²) in [6, 6.07) is -0.383. The molecule has 1 amide bonds. The first-order valence-electron chi connectivity index (χ1n) is 5.31. The molecule has 0 saturated carbocycles. The Kier molecular flexibility index (Phi) is 3.44. The number of carbonyl (C=O) groups is 1. The average molecular weight is 257 g/mol. The number of aliphatic hydroxyl groups excluding tert-OH is 1. The van der Waals surface area contributed by atoms with Gasteiger partial charge in [0.05, 0.1) is 12.2 Å². The van der Waals surface area contributed by atoms with E-state index in [0.717, 1.165) is 6.42 Å². The van der Waals surface area contributed by atoms with Gasteiger partial charge in [0.1, 0.15) is 23.3 Å². The van der Waals surface area contributed by atoms with Gasteiger partial charge in [0.25, 0.3) is 0 Å². The lowest BCUT2D eigenvalue weighted by molar-refractivity contribution is -0.119. The third-order valence-corrected chi connectivity index (χ3v) is 3.21. The van der Waals surface area contributed by atoms with Gasteiger partial charge in [0.15, 0.2) is 0 Å². The molecule has 1 unspecified atom stereocenters. The summed E-state index contributed by atoms with van der Waals surface area (Å²) in [5.74, 6) is 0.106. The van der Waals surface area contributed by atoms with Gasteiger partial charge in [-0.15, -0.1) is 0 Å². The van der Waals surface area contributed by atoms with Crippen LogP contribution in [0.2, 0.25) is 5.15 Å².